The van der Waals surface area contributed by atoms with E-state index in [0.717, 1.165) is 17.2 Å². The lowest BCUT2D eigenvalue weighted by Crippen LogP contribution is -2.54. The molecule has 0 radical (unpaired) electrons. The van der Waals surface area contributed by atoms with Gasteiger partial charge in [0.25, 0.3) is 0 Å². The van der Waals surface area contributed by atoms with E-state index in [2.05, 4.69) is 5.10 Å². The molecule has 2 aliphatic rings. The maximum absolute atomic E-state index is 14.6. The minimum Gasteiger partial charge on any atom is -0.369 e. The molecule has 1 saturated heterocycles. The van der Waals surface area contributed by atoms with Crippen LogP contribution in [-0.4, -0.2) is 46.4 Å². The highest BCUT2D eigenvalue weighted by Gasteiger charge is 2.40. The normalized spacial score (nSPS) is 16.7. The molecule has 7 nitrogen and oxygen atoms in total. The van der Waals surface area contributed by atoms with E-state index in [-0.39, 0.29) is 36.7 Å². The first-order valence-electron chi connectivity index (χ1n) is 13.0. The third-order valence-electron chi connectivity index (χ3n) is 7.38. The molecule has 0 N–H and O–H groups in total. The van der Waals surface area contributed by atoms with Crippen LogP contribution in [0.25, 0.3) is 0 Å². The molecule has 1 aromatic heterocycles. The predicted molar refractivity (Wildman–Crippen MR) is 139 cm³/mol. The van der Waals surface area contributed by atoms with Gasteiger partial charge in [-0.05, 0) is 49.9 Å². The maximum Gasteiger partial charge on any atom is 0.416 e. The average Bonchev–Trinajstić information content (AvgIpc) is 3.32. The molecule has 3 heterocycles. The Morgan fingerprint density at radius 2 is 1.82 bits per heavy atom. The van der Waals surface area contributed by atoms with E-state index in [1.165, 1.54) is 29.2 Å². The van der Waals surface area contributed by atoms with Crippen molar-refractivity contribution in [2.75, 3.05) is 29.5 Å². The van der Waals surface area contributed by atoms with Crippen LogP contribution in [0.1, 0.15) is 42.0 Å². The molecule has 2 amide bonds. The van der Waals surface area contributed by atoms with Crippen molar-refractivity contribution in [3.8, 4) is 0 Å². The smallest absolute Gasteiger partial charge is 0.369 e. The van der Waals surface area contributed by atoms with Crippen molar-refractivity contribution in [3.05, 3.63) is 76.7 Å². The highest BCUT2D eigenvalue weighted by molar-refractivity contribution is 5.94. The van der Waals surface area contributed by atoms with E-state index in [1.807, 2.05) is 24.8 Å². The standard InChI is InChI=1S/C28H31F4N5O2/c1-3-39-18-35-15-21-17-36(22-11-13-34(14-12-22)25-19(2)7-6-10-24(25)29)27(38)37(26(21)33-35)16-20-8-4-5-9-23(20)28(30,31)32/h4-10,15,22H,3,11-14,16-18H2,1-2H3. The second-order valence-electron chi connectivity index (χ2n) is 9.91. The summed E-state index contributed by atoms with van der Waals surface area (Å²) in [5.74, 6) is 0.0655. The van der Waals surface area contributed by atoms with Gasteiger partial charge in [0.05, 0.1) is 24.3 Å². The number of rotatable bonds is 7. The molecule has 1 fully saturated rings. The number of aryl methyl sites for hydroxylation is 1. The van der Waals surface area contributed by atoms with Crippen molar-refractivity contribution in [2.24, 2.45) is 0 Å². The number of amides is 2. The molecule has 0 saturated carbocycles. The number of aromatic nitrogens is 2. The van der Waals surface area contributed by atoms with Crippen molar-refractivity contribution < 1.29 is 27.1 Å². The Bertz CT molecular complexity index is 1310. The molecule has 0 unspecified atom stereocenters. The number of carbonyl (C=O) groups excluding carboxylic acids is 1. The first-order valence-corrected chi connectivity index (χ1v) is 13.0. The Kier molecular flexibility index (Phi) is 7.53. The van der Waals surface area contributed by atoms with Gasteiger partial charge in [-0.15, -0.1) is 0 Å². The van der Waals surface area contributed by atoms with Crippen molar-refractivity contribution in [1.82, 2.24) is 14.7 Å². The summed E-state index contributed by atoms with van der Waals surface area (Å²) in [4.78, 5) is 18.9. The molecule has 39 heavy (non-hydrogen) atoms. The van der Waals surface area contributed by atoms with Gasteiger partial charge in [0.15, 0.2) is 5.82 Å². The molecular formula is C28H31F4N5O2. The summed E-state index contributed by atoms with van der Waals surface area (Å²) >= 11 is 0. The molecule has 0 bridgehead atoms. The minimum absolute atomic E-state index is 0.00430. The third-order valence-corrected chi connectivity index (χ3v) is 7.38. The van der Waals surface area contributed by atoms with E-state index in [4.69, 9.17) is 4.74 Å². The average molecular weight is 546 g/mol. The minimum atomic E-state index is -4.55. The Morgan fingerprint density at radius 1 is 1.08 bits per heavy atom. The number of para-hydroxylation sites is 1. The van der Waals surface area contributed by atoms with Crippen LogP contribution in [0, 0.1) is 12.7 Å². The van der Waals surface area contributed by atoms with Gasteiger partial charge in [-0.25, -0.2) is 13.9 Å². The number of halogens is 4. The van der Waals surface area contributed by atoms with Crippen LogP contribution in [0.4, 0.5) is 33.9 Å². The largest absolute Gasteiger partial charge is 0.416 e. The number of ether oxygens (including phenoxy) is 1. The number of piperidine rings is 1. The van der Waals surface area contributed by atoms with Gasteiger partial charge < -0.3 is 14.5 Å². The van der Waals surface area contributed by atoms with Crippen molar-refractivity contribution in [3.63, 3.8) is 0 Å². The molecule has 3 aromatic rings. The zero-order chi connectivity index (χ0) is 27.7. The fourth-order valence-corrected chi connectivity index (χ4v) is 5.50. The number of alkyl halides is 3. The number of anilines is 2. The van der Waals surface area contributed by atoms with Crippen LogP contribution < -0.4 is 9.80 Å². The number of fused-ring (bicyclic) bond motifs is 1. The first kappa shape index (κ1) is 27.0. The van der Waals surface area contributed by atoms with E-state index < -0.39 is 11.7 Å². The van der Waals surface area contributed by atoms with E-state index in [1.54, 1.807) is 21.8 Å². The SMILES string of the molecule is CCOCn1cc2c(n1)N(Cc1ccccc1C(F)(F)F)C(=O)N(C1CCN(c3c(C)cccc3F)CC1)C2. The summed E-state index contributed by atoms with van der Waals surface area (Å²) in [7, 11) is 0. The highest BCUT2D eigenvalue weighted by Crippen LogP contribution is 2.37. The van der Waals surface area contributed by atoms with Crippen LogP contribution in [0.15, 0.2) is 48.7 Å². The van der Waals surface area contributed by atoms with E-state index >= 15 is 0 Å². The lowest BCUT2D eigenvalue weighted by molar-refractivity contribution is -0.138. The Balaban J connectivity index is 1.41. The summed E-state index contributed by atoms with van der Waals surface area (Å²) in [5.41, 5.74) is 1.38. The summed E-state index contributed by atoms with van der Waals surface area (Å²) in [6, 6.07) is 9.75. The Morgan fingerprint density at radius 3 is 2.51 bits per heavy atom. The Labute approximate surface area is 224 Å². The molecule has 2 aromatic carbocycles. The van der Waals surface area contributed by atoms with Gasteiger partial charge in [-0.3, -0.25) is 4.90 Å². The molecule has 5 rings (SSSR count). The summed E-state index contributed by atoms with van der Waals surface area (Å²) in [6.07, 6.45) is -1.56. The summed E-state index contributed by atoms with van der Waals surface area (Å²) < 4.78 is 62.9. The molecule has 0 aliphatic carbocycles. The van der Waals surface area contributed by atoms with Gasteiger partial charge in [0.1, 0.15) is 12.5 Å². The zero-order valence-corrected chi connectivity index (χ0v) is 21.9. The molecule has 11 heteroatoms. The zero-order valence-electron chi connectivity index (χ0n) is 21.9. The number of hydrogen-bond donors (Lipinski definition) is 0. The van der Waals surface area contributed by atoms with Crippen LogP contribution in [0.2, 0.25) is 0 Å². The van der Waals surface area contributed by atoms with Gasteiger partial charge in [0.2, 0.25) is 0 Å². The quantitative estimate of drug-likeness (QED) is 0.344. The molecule has 0 spiro atoms. The molecule has 208 valence electrons. The van der Waals surface area contributed by atoms with Gasteiger partial charge >= 0.3 is 12.2 Å². The summed E-state index contributed by atoms with van der Waals surface area (Å²) in [6.45, 7) is 5.51. The highest BCUT2D eigenvalue weighted by atomic mass is 19.4. The summed E-state index contributed by atoms with van der Waals surface area (Å²) in [5, 5.41) is 4.50. The second-order valence-corrected chi connectivity index (χ2v) is 9.91. The molecular weight excluding hydrogens is 514 g/mol. The monoisotopic (exact) mass is 545 g/mol. The number of benzene rings is 2. The van der Waals surface area contributed by atoms with Crippen LogP contribution in [0.3, 0.4) is 0 Å². The van der Waals surface area contributed by atoms with E-state index in [0.29, 0.717) is 50.6 Å². The van der Waals surface area contributed by atoms with Crippen molar-refractivity contribution in [1.29, 1.82) is 0 Å². The predicted octanol–water partition coefficient (Wildman–Crippen LogP) is 5.95. The van der Waals surface area contributed by atoms with E-state index in [9.17, 15) is 22.4 Å². The number of hydrogen-bond acceptors (Lipinski definition) is 4. The fraction of sp³-hybridized carbons (Fsp3) is 0.429. The van der Waals surface area contributed by atoms with Crippen molar-refractivity contribution >= 4 is 17.5 Å². The van der Waals surface area contributed by atoms with Crippen molar-refractivity contribution in [2.45, 2.75) is 58.7 Å². The topological polar surface area (TPSA) is 53.8 Å². The Hall–Kier alpha value is -3.60. The van der Waals surface area contributed by atoms with Crippen LogP contribution in [0.5, 0.6) is 0 Å². The number of urea groups is 1. The van der Waals surface area contributed by atoms with Gasteiger partial charge in [0, 0.05) is 37.5 Å². The van der Waals surface area contributed by atoms with Gasteiger partial charge in [-0.2, -0.15) is 18.3 Å². The lowest BCUT2D eigenvalue weighted by Gasteiger charge is -2.43. The number of nitrogens with zero attached hydrogens (tertiary/aromatic N) is 5. The fourth-order valence-electron chi connectivity index (χ4n) is 5.50. The maximum atomic E-state index is 14.6. The van der Waals surface area contributed by atoms with Crippen LogP contribution in [-0.2, 0) is 30.7 Å². The molecule has 2 aliphatic heterocycles. The molecule has 0 atom stereocenters. The second kappa shape index (κ2) is 10.9. The number of carbonyl (C=O) groups is 1. The lowest BCUT2D eigenvalue weighted by atomic mass is 10.00. The van der Waals surface area contributed by atoms with Crippen LogP contribution >= 0.6 is 0 Å². The third kappa shape index (κ3) is 5.45. The first-order chi connectivity index (χ1) is 18.7. The van der Waals surface area contributed by atoms with Gasteiger partial charge in [-0.1, -0.05) is 30.3 Å².